The summed E-state index contributed by atoms with van der Waals surface area (Å²) in [5.74, 6) is -0.472. The first-order valence-electron chi connectivity index (χ1n) is 8.46. The van der Waals surface area contributed by atoms with Crippen molar-refractivity contribution in [2.45, 2.75) is 13.0 Å². The monoisotopic (exact) mass is 401 g/mol. The molecule has 0 bridgehead atoms. The van der Waals surface area contributed by atoms with Gasteiger partial charge in [0.25, 0.3) is 0 Å². The second kappa shape index (κ2) is 8.31. The Labute approximate surface area is 164 Å². The average Bonchev–Trinajstić information content (AvgIpc) is 3.27. The molecule has 0 unspecified atom stereocenters. The molecule has 5 nitrogen and oxygen atoms in total. The van der Waals surface area contributed by atoms with Crippen LogP contribution in [0.3, 0.4) is 0 Å². The van der Waals surface area contributed by atoms with E-state index >= 15 is 0 Å². The first-order chi connectivity index (χ1) is 13.5. The maximum Gasteiger partial charge on any atom is 0.350 e. The second-order valence-electron chi connectivity index (χ2n) is 6.08. The molecular formula is C20H17F2N3O2S. The molecule has 3 aromatic rings. The largest absolute Gasteiger partial charge is 0.457 e. The number of nitrogens with zero attached hydrogens (tertiary/aromatic N) is 3. The number of benzene rings is 1. The summed E-state index contributed by atoms with van der Waals surface area (Å²) in [6, 6.07) is 6.30. The minimum atomic E-state index is -0.969. The van der Waals surface area contributed by atoms with Crippen LogP contribution in [0.4, 0.5) is 8.78 Å². The fourth-order valence-corrected chi connectivity index (χ4v) is 3.84. The van der Waals surface area contributed by atoms with Crippen LogP contribution in [0.2, 0.25) is 0 Å². The van der Waals surface area contributed by atoms with E-state index in [9.17, 15) is 18.8 Å². The van der Waals surface area contributed by atoms with Gasteiger partial charge in [0.1, 0.15) is 35.9 Å². The van der Waals surface area contributed by atoms with Gasteiger partial charge in [-0.1, -0.05) is 12.7 Å². The molecule has 144 valence electrons. The van der Waals surface area contributed by atoms with Crippen molar-refractivity contribution in [1.29, 1.82) is 5.26 Å². The Balaban J connectivity index is 2.05. The van der Waals surface area contributed by atoms with Crippen molar-refractivity contribution >= 4 is 28.2 Å². The predicted molar refractivity (Wildman–Crippen MR) is 104 cm³/mol. The molecule has 0 aliphatic carbocycles. The van der Waals surface area contributed by atoms with Crippen LogP contribution in [-0.4, -0.2) is 35.5 Å². The van der Waals surface area contributed by atoms with E-state index < -0.39 is 25.4 Å². The molecule has 3 rings (SSSR count). The zero-order valence-corrected chi connectivity index (χ0v) is 15.9. The molecule has 0 amide bonds. The van der Waals surface area contributed by atoms with Gasteiger partial charge in [0.2, 0.25) is 0 Å². The summed E-state index contributed by atoms with van der Waals surface area (Å²) in [5, 5.41) is 10.6. The highest BCUT2D eigenvalue weighted by atomic mass is 32.1. The summed E-state index contributed by atoms with van der Waals surface area (Å²) in [7, 11) is 0. The molecule has 2 heterocycles. The summed E-state index contributed by atoms with van der Waals surface area (Å²) in [6.45, 7) is 3.60. The van der Waals surface area contributed by atoms with E-state index in [4.69, 9.17) is 4.74 Å². The van der Waals surface area contributed by atoms with Crippen molar-refractivity contribution in [3.05, 3.63) is 53.2 Å². The van der Waals surface area contributed by atoms with E-state index in [1.165, 1.54) is 28.2 Å². The Morgan fingerprint density at radius 1 is 1.46 bits per heavy atom. The number of carbonyl (C=O) groups is 1. The molecule has 8 heteroatoms. The van der Waals surface area contributed by atoms with Crippen LogP contribution in [-0.2, 0) is 4.74 Å². The highest BCUT2D eigenvalue weighted by Crippen LogP contribution is 2.33. The molecule has 0 radical (unpaired) electrons. The third-order valence-electron chi connectivity index (χ3n) is 4.26. The van der Waals surface area contributed by atoms with Gasteiger partial charge in [0.15, 0.2) is 0 Å². The first-order valence-corrected chi connectivity index (χ1v) is 9.28. The molecule has 2 aromatic heterocycles. The number of ether oxygens (including phenoxy) is 1. The van der Waals surface area contributed by atoms with Gasteiger partial charge in [-0.15, -0.1) is 11.3 Å². The molecule has 0 N–H and O–H groups in total. The number of esters is 1. The Bertz CT molecular complexity index is 1080. The number of alkyl halides is 2. The fraction of sp³-hybridized carbons (Fsp3) is 0.250. The van der Waals surface area contributed by atoms with E-state index in [0.717, 1.165) is 0 Å². The van der Waals surface area contributed by atoms with E-state index in [-0.39, 0.29) is 6.61 Å². The van der Waals surface area contributed by atoms with Crippen molar-refractivity contribution in [2.24, 2.45) is 0 Å². The van der Waals surface area contributed by atoms with Crippen molar-refractivity contribution in [2.75, 3.05) is 20.0 Å². The molecule has 1 aromatic carbocycles. The maximum atomic E-state index is 13.1. The number of halogens is 2. The number of hydrogen-bond acceptors (Lipinski definition) is 5. The van der Waals surface area contributed by atoms with Gasteiger partial charge in [-0.25, -0.2) is 18.6 Å². The third kappa shape index (κ3) is 3.53. The number of hydrogen-bond donors (Lipinski definition) is 0. The average molecular weight is 401 g/mol. The van der Waals surface area contributed by atoms with Crippen LogP contribution in [0.15, 0.2) is 37.1 Å². The number of nitriles is 1. The van der Waals surface area contributed by atoms with Gasteiger partial charge in [0.05, 0.1) is 17.3 Å². The maximum absolute atomic E-state index is 13.1. The van der Waals surface area contributed by atoms with Crippen LogP contribution < -0.4 is 0 Å². The Hall–Kier alpha value is -3.05. The molecule has 0 fully saturated rings. The summed E-state index contributed by atoms with van der Waals surface area (Å²) >= 11 is 1.19. The zero-order chi connectivity index (χ0) is 20.3. The Kier molecular flexibility index (Phi) is 5.85. The fourth-order valence-electron chi connectivity index (χ4n) is 2.88. The van der Waals surface area contributed by atoms with Crippen LogP contribution >= 0.6 is 11.3 Å². The summed E-state index contributed by atoms with van der Waals surface area (Å²) in [4.78, 5) is 16.9. The number of thiazole rings is 1. The van der Waals surface area contributed by atoms with Crippen molar-refractivity contribution in [3.63, 3.8) is 0 Å². The molecule has 0 saturated carbocycles. The summed E-state index contributed by atoms with van der Waals surface area (Å²) in [5.41, 5.74) is 2.14. The van der Waals surface area contributed by atoms with Gasteiger partial charge in [-0.05, 0) is 25.1 Å². The lowest BCUT2D eigenvalue weighted by atomic mass is 10.1. The van der Waals surface area contributed by atoms with Crippen LogP contribution in [0.5, 0.6) is 0 Å². The minimum absolute atomic E-state index is 0.112. The Morgan fingerprint density at radius 3 is 2.86 bits per heavy atom. The van der Waals surface area contributed by atoms with Gasteiger partial charge < -0.3 is 9.30 Å². The lowest BCUT2D eigenvalue weighted by Gasteiger charge is -2.12. The predicted octanol–water partition coefficient (Wildman–Crippen LogP) is 4.77. The standard InChI is InChI=1S/C20H17F2N3O2S/c1-3-6-27-20(26)18-12(2)24-19(28-18)13-4-5-17-16(7-13)14(10-23)11-25(17)15(8-21)9-22/h3-5,7,11,15H,1,6,8-9H2,2H3. The van der Waals surface area contributed by atoms with Crippen molar-refractivity contribution in [3.8, 4) is 16.6 Å². The van der Waals surface area contributed by atoms with E-state index in [1.54, 1.807) is 25.1 Å². The molecule has 0 spiro atoms. The lowest BCUT2D eigenvalue weighted by molar-refractivity contribution is 0.0554. The topological polar surface area (TPSA) is 67.9 Å². The highest BCUT2D eigenvalue weighted by Gasteiger charge is 2.20. The number of aryl methyl sites for hydroxylation is 1. The molecule has 0 aliphatic heterocycles. The van der Waals surface area contributed by atoms with Crippen LogP contribution in [0.1, 0.15) is 27.0 Å². The van der Waals surface area contributed by atoms with Gasteiger partial charge in [-0.2, -0.15) is 5.26 Å². The SMILES string of the molecule is C=CCOC(=O)c1sc(-c2ccc3c(c2)c(C#N)cn3C(CF)CF)nc1C. The smallest absolute Gasteiger partial charge is 0.350 e. The number of rotatable bonds is 7. The zero-order valence-electron chi connectivity index (χ0n) is 15.1. The van der Waals surface area contributed by atoms with E-state index in [2.05, 4.69) is 17.6 Å². The van der Waals surface area contributed by atoms with Crippen molar-refractivity contribution in [1.82, 2.24) is 9.55 Å². The normalized spacial score (nSPS) is 11.0. The first kappa shape index (κ1) is 19.7. The van der Waals surface area contributed by atoms with Gasteiger partial charge in [0, 0.05) is 22.7 Å². The molecule has 28 heavy (non-hydrogen) atoms. The van der Waals surface area contributed by atoms with Gasteiger partial charge >= 0.3 is 5.97 Å². The Morgan fingerprint density at radius 2 is 2.21 bits per heavy atom. The van der Waals surface area contributed by atoms with Crippen molar-refractivity contribution < 1.29 is 18.3 Å². The second-order valence-corrected chi connectivity index (χ2v) is 7.08. The lowest BCUT2D eigenvalue weighted by Crippen LogP contribution is -2.11. The minimum Gasteiger partial charge on any atom is -0.457 e. The molecule has 0 saturated heterocycles. The molecule has 0 aliphatic rings. The van der Waals surface area contributed by atoms with E-state index in [0.29, 0.717) is 37.6 Å². The quantitative estimate of drug-likeness (QED) is 0.423. The third-order valence-corrected chi connectivity index (χ3v) is 5.45. The number of fused-ring (bicyclic) bond motifs is 1. The van der Waals surface area contributed by atoms with E-state index in [1.807, 2.05) is 0 Å². The van der Waals surface area contributed by atoms with Crippen LogP contribution in [0, 0.1) is 18.3 Å². The highest BCUT2D eigenvalue weighted by molar-refractivity contribution is 7.17. The summed E-state index contributed by atoms with van der Waals surface area (Å²) in [6.07, 6.45) is 2.95. The molecule has 0 atom stereocenters. The number of carbonyl (C=O) groups excluding carboxylic acids is 1. The molecular weight excluding hydrogens is 384 g/mol. The summed E-state index contributed by atoms with van der Waals surface area (Å²) < 4.78 is 32.8. The van der Waals surface area contributed by atoms with Gasteiger partial charge in [-0.3, -0.25) is 0 Å². The van der Waals surface area contributed by atoms with Crippen LogP contribution in [0.25, 0.3) is 21.5 Å². The number of aromatic nitrogens is 2.